The van der Waals surface area contributed by atoms with Gasteiger partial charge in [-0.25, -0.2) is 35.9 Å². The summed E-state index contributed by atoms with van der Waals surface area (Å²) in [4.78, 5) is 37.5. The smallest absolute Gasteiger partial charge is 0.321 e. The first-order chi connectivity index (χ1) is 32.5. The van der Waals surface area contributed by atoms with Gasteiger partial charge < -0.3 is 39.6 Å². The van der Waals surface area contributed by atoms with Gasteiger partial charge in [0.2, 0.25) is 0 Å². The largest absolute Gasteiger partial charge is 0.393 e. The first kappa shape index (κ1) is 50.2. The van der Waals surface area contributed by atoms with Gasteiger partial charge in [0.05, 0.1) is 13.2 Å². The Morgan fingerprint density at radius 3 is 1.32 bits per heavy atom. The van der Waals surface area contributed by atoms with Crippen molar-refractivity contribution in [3.8, 4) is 0 Å². The van der Waals surface area contributed by atoms with Crippen LogP contribution in [0.3, 0.4) is 0 Å². The standard InChI is InChI=1S/2C26H30F3N3O2/c2*1-30-11-10-22(12-21(28)16-30)31(2)25(34)32-15-18(23-13-20(27)8-9-24(23)29)14-26(32,17-33)19-6-4-3-5-7-19/h2*3-9,13-14,21-22,33H,10-12,15-17H2,1-2H3/t21-,22+,26+;21-,22+,26-/m01/s1. The fraction of sp³-hybridized carbons (Fsp3) is 0.423. The van der Waals surface area contributed by atoms with Crippen LogP contribution in [0.4, 0.5) is 35.9 Å². The summed E-state index contributed by atoms with van der Waals surface area (Å²) in [7, 11) is 6.98. The maximum atomic E-state index is 14.7. The summed E-state index contributed by atoms with van der Waals surface area (Å²) in [6, 6.07) is 22.9. The van der Waals surface area contributed by atoms with Crippen LogP contribution in [0.25, 0.3) is 11.1 Å². The molecule has 10 nitrogen and oxygen atoms in total. The van der Waals surface area contributed by atoms with Crippen LogP contribution in [-0.2, 0) is 11.1 Å². The fourth-order valence-corrected chi connectivity index (χ4v) is 10.1. The Morgan fingerprint density at radius 1 is 0.603 bits per heavy atom. The van der Waals surface area contributed by atoms with E-state index in [2.05, 4.69) is 0 Å². The molecule has 4 aliphatic heterocycles. The Labute approximate surface area is 394 Å². The molecule has 4 aromatic rings. The molecular weight excluding hydrogens is 887 g/mol. The predicted octanol–water partition coefficient (Wildman–Crippen LogP) is 8.07. The van der Waals surface area contributed by atoms with Crippen LogP contribution >= 0.6 is 0 Å². The number of hydrogen-bond donors (Lipinski definition) is 2. The number of aliphatic hydroxyl groups is 2. The summed E-state index contributed by atoms with van der Waals surface area (Å²) in [5.74, 6) is -2.40. The van der Waals surface area contributed by atoms with Gasteiger partial charge in [-0.2, -0.15) is 0 Å². The highest BCUT2D eigenvalue weighted by atomic mass is 19.2. The summed E-state index contributed by atoms with van der Waals surface area (Å²) < 4.78 is 86.2. The number of urea groups is 2. The van der Waals surface area contributed by atoms with Crippen molar-refractivity contribution in [1.29, 1.82) is 0 Å². The number of likely N-dealkylation sites (tertiary alicyclic amines) is 2. The number of carbonyl (C=O) groups excluding carboxylic acids is 2. The second-order valence-electron chi connectivity index (χ2n) is 18.5. The van der Waals surface area contributed by atoms with Gasteiger partial charge in [-0.15, -0.1) is 0 Å². The third-order valence-electron chi connectivity index (χ3n) is 13.9. The van der Waals surface area contributed by atoms with Crippen LogP contribution in [0, 0.1) is 23.3 Å². The Morgan fingerprint density at radius 2 is 0.971 bits per heavy atom. The van der Waals surface area contributed by atoms with E-state index >= 15 is 0 Å². The first-order valence-electron chi connectivity index (χ1n) is 22.9. The molecule has 2 N–H and O–H groups in total. The van der Waals surface area contributed by atoms with Gasteiger partial charge in [0, 0.05) is 76.3 Å². The SMILES string of the molecule is CN1CC[C@@H](N(C)C(=O)N2CC(c3cc(F)ccc3F)=C[C@@]2(CO)c2ccccc2)C[C@H](F)C1.CN1CC[C@H](N(C)C(=O)N2CC(c3cc(F)ccc3F)=C[C@@]2(CO)c2ccccc2)C[C@@H](F)C1. The second-order valence-corrected chi connectivity index (χ2v) is 18.5. The molecule has 0 aliphatic carbocycles. The topological polar surface area (TPSA) is 94.0 Å². The highest BCUT2D eigenvalue weighted by Crippen LogP contribution is 2.43. The zero-order valence-electron chi connectivity index (χ0n) is 38.8. The van der Waals surface area contributed by atoms with E-state index in [4.69, 9.17) is 0 Å². The summed E-state index contributed by atoms with van der Waals surface area (Å²) >= 11 is 0. The highest BCUT2D eigenvalue weighted by Gasteiger charge is 2.48. The lowest BCUT2D eigenvalue weighted by molar-refractivity contribution is 0.0756. The van der Waals surface area contributed by atoms with Gasteiger partial charge in [0.1, 0.15) is 46.7 Å². The zero-order chi connectivity index (χ0) is 48.9. The summed E-state index contributed by atoms with van der Waals surface area (Å²) in [6.07, 6.45) is 2.84. The lowest BCUT2D eigenvalue weighted by Crippen LogP contribution is -2.54. The monoisotopic (exact) mass is 946 g/mol. The molecule has 4 aromatic carbocycles. The molecule has 0 spiro atoms. The molecule has 4 amide bonds. The molecular formula is C52H60F6N6O4. The van der Waals surface area contributed by atoms with Crippen LogP contribution < -0.4 is 0 Å². The van der Waals surface area contributed by atoms with E-state index in [-0.39, 0.29) is 49.1 Å². The molecule has 8 rings (SSSR count). The number of hydrogen-bond acceptors (Lipinski definition) is 6. The average Bonchev–Trinajstić information content (AvgIpc) is 3.82. The Bertz CT molecular complexity index is 2300. The van der Waals surface area contributed by atoms with Crippen molar-refractivity contribution >= 4 is 23.2 Å². The second kappa shape index (κ2) is 21.3. The minimum Gasteiger partial charge on any atom is -0.393 e. The van der Waals surface area contributed by atoms with Gasteiger partial charge in [-0.05, 0) is 111 Å². The first-order valence-corrected chi connectivity index (χ1v) is 22.9. The molecule has 2 fully saturated rings. The predicted molar refractivity (Wildman–Crippen MR) is 250 cm³/mol. The molecule has 68 heavy (non-hydrogen) atoms. The van der Waals surface area contributed by atoms with E-state index in [1.165, 1.54) is 19.6 Å². The van der Waals surface area contributed by atoms with Crippen molar-refractivity contribution in [3.05, 3.63) is 155 Å². The number of halogens is 6. The van der Waals surface area contributed by atoms with E-state index in [1.54, 1.807) is 74.8 Å². The minimum atomic E-state index is -1.27. The summed E-state index contributed by atoms with van der Waals surface area (Å²) in [6.45, 7) is 1.01. The Hall–Kier alpha value is -5.68. The Kier molecular flexibility index (Phi) is 15.7. The molecule has 364 valence electrons. The third-order valence-corrected chi connectivity index (χ3v) is 13.9. The van der Waals surface area contributed by atoms with Crippen LogP contribution in [0.1, 0.15) is 47.9 Å². The average molecular weight is 947 g/mol. The van der Waals surface area contributed by atoms with Crippen molar-refractivity contribution in [2.24, 2.45) is 0 Å². The van der Waals surface area contributed by atoms with E-state index < -0.39 is 72.0 Å². The highest BCUT2D eigenvalue weighted by molar-refractivity contribution is 5.85. The van der Waals surface area contributed by atoms with E-state index in [0.29, 0.717) is 61.3 Å². The molecule has 0 radical (unpaired) electrons. The number of alkyl halides is 2. The van der Waals surface area contributed by atoms with Crippen molar-refractivity contribution < 1.29 is 46.1 Å². The van der Waals surface area contributed by atoms with Crippen LogP contribution in [0.5, 0.6) is 0 Å². The molecule has 4 heterocycles. The maximum Gasteiger partial charge on any atom is 0.321 e. The molecule has 0 aromatic heterocycles. The van der Waals surface area contributed by atoms with E-state index in [1.807, 2.05) is 36.0 Å². The van der Waals surface area contributed by atoms with Gasteiger partial charge in [0.25, 0.3) is 0 Å². The van der Waals surface area contributed by atoms with Gasteiger partial charge in [0.15, 0.2) is 0 Å². The van der Waals surface area contributed by atoms with Crippen LogP contribution in [0.2, 0.25) is 0 Å². The van der Waals surface area contributed by atoms with Crippen molar-refractivity contribution in [2.45, 2.75) is 61.2 Å². The van der Waals surface area contributed by atoms with Gasteiger partial charge in [-0.3, -0.25) is 0 Å². The molecule has 16 heteroatoms. The van der Waals surface area contributed by atoms with Crippen LogP contribution in [-0.4, -0.2) is 157 Å². The van der Waals surface area contributed by atoms with Gasteiger partial charge >= 0.3 is 12.1 Å². The number of aliphatic hydroxyl groups excluding tert-OH is 2. The fourth-order valence-electron chi connectivity index (χ4n) is 10.1. The minimum absolute atomic E-state index is 0.0231. The van der Waals surface area contributed by atoms with Gasteiger partial charge in [-0.1, -0.05) is 60.7 Å². The number of amides is 4. The molecule has 0 saturated carbocycles. The molecule has 0 unspecified atom stereocenters. The van der Waals surface area contributed by atoms with E-state index in [9.17, 15) is 46.1 Å². The van der Waals surface area contributed by atoms with E-state index in [0.717, 1.165) is 36.4 Å². The maximum absolute atomic E-state index is 14.7. The lowest BCUT2D eigenvalue weighted by atomic mass is 9.89. The normalized spacial score (nSPS) is 25.7. The van der Waals surface area contributed by atoms with Crippen molar-refractivity contribution in [1.82, 2.24) is 29.4 Å². The number of nitrogens with zero attached hydrogens (tertiary/aromatic N) is 6. The zero-order valence-corrected chi connectivity index (χ0v) is 38.8. The number of benzene rings is 4. The molecule has 6 atom stereocenters. The molecule has 2 saturated heterocycles. The number of carbonyl (C=O) groups is 2. The molecule has 4 aliphatic rings. The van der Waals surface area contributed by atoms with Crippen LogP contribution in [0.15, 0.2) is 109 Å². The molecule has 0 bridgehead atoms. The lowest BCUT2D eigenvalue weighted by Gasteiger charge is -2.41. The summed E-state index contributed by atoms with van der Waals surface area (Å²) in [5.41, 5.74) is -0.334. The Balaban J connectivity index is 0.000000201. The number of rotatable bonds is 8. The van der Waals surface area contributed by atoms with Crippen molar-refractivity contribution in [3.63, 3.8) is 0 Å². The summed E-state index contributed by atoms with van der Waals surface area (Å²) in [5, 5.41) is 21.2. The third kappa shape index (κ3) is 10.5. The quantitative estimate of drug-likeness (QED) is 0.174. The van der Waals surface area contributed by atoms with Crippen molar-refractivity contribution in [2.75, 3.05) is 80.7 Å².